The summed E-state index contributed by atoms with van der Waals surface area (Å²) in [6.07, 6.45) is 2.41. The lowest BCUT2D eigenvalue weighted by Gasteiger charge is -2.05. The Kier molecular flexibility index (Phi) is 3.69. The Morgan fingerprint density at radius 2 is 2.17 bits per heavy atom. The molecule has 0 spiro atoms. The number of nitrogens with one attached hydrogen (secondary N) is 1. The molecule has 6 nitrogen and oxygen atoms in total. The van der Waals surface area contributed by atoms with Gasteiger partial charge in [-0.2, -0.15) is 5.10 Å². The fourth-order valence-corrected chi connectivity index (χ4v) is 2.14. The molecular weight excluding hydrogens is 347 g/mol. The largest absolute Gasteiger partial charge is 0.328 e. The Balaban J connectivity index is 2.39. The van der Waals surface area contributed by atoms with E-state index in [1.54, 1.807) is 10.9 Å². The van der Waals surface area contributed by atoms with E-state index in [9.17, 15) is 9.59 Å². The Morgan fingerprint density at radius 1 is 1.44 bits per heavy atom. The first-order valence-corrected chi connectivity index (χ1v) is 6.60. The normalized spacial score (nSPS) is 10.8. The van der Waals surface area contributed by atoms with E-state index in [-0.39, 0.29) is 5.56 Å². The summed E-state index contributed by atoms with van der Waals surface area (Å²) in [7, 11) is 1.84. The molecule has 0 atom stereocenters. The van der Waals surface area contributed by atoms with Crippen LogP contribution in [0, 0.1) is 3.57 Å². The smallest absolute Gasteiger partial charge is 0.294 e. The molecule has 96 valence electrons. The molecule has 0 aliphatic carbocycles. The number of halogens is 1. The van der Waals surface area contributed by atoms with Gasteiger partial charge in [0.2, 0.25) is 0 Å². The zero-order valence-electron chi connectivity index (χ0n) is 10.1. The summed E-state index contributed by atoms with van der Waals surface area (Å²) in [6, 6.07) is 1.96. The number of aromatic amines is 1. The molecule has 0 bridgehead atoms. The second-order valence-corrected chi connectivity index (χ2v) is 5.13. The summed E-state index contributed by atoms with van der Waals surface area (Å²) in [5.41, 5.74) is 1.16. The summed E-state index contributed by atoms with van der Waals surface area (Å²) in [6.45, 7) is 2.43. The third-order valence-corrected chi connectivity index (χ3v) is 3.46. The molecule has 0 amide bonds. The van der Waals surface area contributed by atoms with Crippen molar-refractivity contribution in [3.63, 3.8) is 0 Å². The van der Waals surface area contributed by atoms with Crippen LogP contribution in [-0.2, 0) is 20.0 Å². The lowest BCUT2D eigenvalue weighted by molar-refractivity contribution is 0.635. The Morgan fingerprint density at radius 3 is 2.78 bits per heavy atom. The van der Waals surface area contributed by atoms with Crippen LogP contribution < -0.4 is 11.2 Å². The highest BCUT2D eigenvalue weighted by Crippen LogP contribution is 2.05. The summed E-state index contributed by atoms with van der Waals surface area (Å²) >= 11 is 1.90. The van der Waals surface area contributed by atoms with Crippen molar-refractivity contribution in [1.82, 2.24) is 19.3 Å². The number of rotatable bonds is 3. The third-order valence-electron chi connectivity index (χ3n) is 2.69. The van der Waals surface area contributed by atoms with E-state index in [0.29, 0.717) is 10.1 Å². The van der Waals surface area contributed by atoms with Gasteiger partial charge in [0, 0.05) is 13.2 Å². The van der Waals surface area contributed by atoms with Crippen molar-refractivity contribution < 1.29 is 0 Å². The summed E-state index contributed by atoms with van der Waals surface area (Å²) < 4.78 is 3.72. The Labute approximate surface area is 117 Å². The molecule has 7 heteroatoms. The second-order valence-electron chi connectivity index (χ2n) is 3.97. The molecule has 0 aliphatic rings. The lowest BCUT2D eigenvalue weighted by Crippen LogP contribution is -2.31. The van der Waals surface area contributed by atoms with Crippen molar-refractivity contribution >= 4 is 22.6 Å². The predicted molar refractivity (Wildman–Crippen MR) is 75.7 cm³/mol. The van der Waals surface area contributed by atoms with Crippen LogP contribution >= 0.6 is 22.6 Å². The molecule has 2 aromatic rings. The van der Waals surface area contributed by atoms with Crippen molar-refractivity contribution in [2.24, 2.45) is 7.05 Å². The number of H-pyrrole nitrogens is 1. The molecule has 0 unspecified atom stereocenters. The molecule has 0 aromatic carbocycles. The van der Waals surface area contributed by atoms with Crippen LogP contribution in [0.3, 0.4) is 0 Å². The number of aryl methyl sites for hydroxylation is 2. The minimum atomic E-state index is -0.403. The van der Waals surface area contributed by atoms with E-state index in [2.05, 4.69) is 10.1 Å². The van der Waals surface area contributed by atoms with Gasteiger partial charge in [-0.25, -0.2) is 4.79 Å². The van der Waals surface area contributed by atoms with Gasteiger partial charge in [-0.3, -0.25) is 19.0 Å². The standard InChI is InChI=1S/C11H13IN4O2/c1-3-7-4-8(15(2)14-7)5-16-6-9(12)10(17)13-11(16)18/h4,6H,3,5H2,1-2H3,(H,13,17,18). The van der Waals surface area contributed by atoms with Crippen LogP contribution in [0.15, 0.2) is 21.9 Å². The van der Waals surface area contributed by atoms with Crippen LogP contribution in [0.4, 0.5) is 0 Å². The van der Waals surface area contributed by atoms with Crippen LogP contribution in [-0.4, -0.2) is 19.3 Å². The average molecular weight is 360 g/mol. The zero-order valence-corrected chi connectivity index (χ0v) is 12.3. The van der Waals surface area contributed by atoms with E-state index in [0.717, 1.165) is 17.8 Å². The van der Waals surface area contributed by atoms with Crippen molar-refractivity contribution in [2.45, 2.75) is 19.9 Å². The molecule has 2 heterocycles. The molecule has 0 aliphatic heterocycles. The summed E-state index contributed by atoms with van der Waals surface area (Å²) in [5, 5.41) is 4.32. The lowest BCUT2D eigenvalue weighted by atomic mass is 10.3. The number of nitrogens with zero attached hydrogens (tertiary/aromatic N) is 3. The van der Waals surface area contributed by atoms with Gasteiger partial charge >= 0.3 is 5.69 Å². The maximum absolute atomic E-state index is 11.7. The molecule has 0 radical (unpaired) electrons. The number of aromatic nitrogens is 4. The molecule has 2 aromatic heterocycles. The van der Waals surface area contributed by atoms with Gasteiger partial charge in [-0.05, 0) is 35.1 Å². The number of hydrogen-bond acceptors (Lipinski definition) is 3. The van der Waals surface area contributed by atoms with Gasteiger partial charge in [0.25, 0.3) is 5.56 Å². The summed E-state index contributed by atoms with van der Waals surface area (Å²) in [5.74, 6) is 0. The molecular formula is C11H13IN4O2. The molecule has 2 rings (SSSR count). The van der Waals surface area contributed by atoms with E-state index in [1.165, 1.54) is 4.57 Å². The Bertz CT molecular complexity index is 683. The van der Waals surface area contributed by atoms with Gasteiger partial charge in [0.1, 0.15) is 0 Å². The highest BCUT2D eigenvalue weighted by Gasteiger charge is 2.07. The van der Waals surface area contributed by atoms with Gasteiger partial charge in [0.15, 0.2) is 0 Å². The molecule has 18 heavy (non-hydrogen) atoms. The quantitative estimate of drug-likeness (QED) is 0.810. The van der Waals surface area contributed by atoms with Crippen LogP contribution in [0.2, 0.25) is 0 Å². The highest BCUT2D eigenvalue weighted by molar-refractivity contribution is 14.1. The van der Waals surface area contributed by atoms with E-state index in [1.807, 2.05) is 42.6 Å². The highest BCUT2D eigenvalue weighted by atomic mass is 127. The van der Waals surface area contributed by atoms with Crippen molar-refractivity contribution in [3.05, 3.63) is 48.1 Å². The van der Waals surface area contributed by atoms with Crippen molar-refractivity contribution in [1.29, 1.82) is 0 Å². The van der Waals surface area contributed by atoms with Crippen LogP contribution in [0.1, 0.15) is 18.3 Å². The molecule has 1 N–H and O–H groups in total. The maximum Gasteiger partial charge on any atom is 0.328 e. The van der Waals surface area contributed by atoms with Gasteiger partial charge in [-0.15, -0.1) is 0 Å². The third kappa shape index (κ3) is 2.55. The fourth-order valence-electron chi connectivity index (χ4n) is 1.67. The second kappa shape index (κ2) is 5.09. The topological polar surface area (TPSA) is 72.7 Å². The van der Waals surface area contributed by atoms with E-state index in [4.69, 9.17) is 0 Å². The monoisotopic (exact) mass is 360 g/mol. The predicted octanol–water partition coefficient (Wildman–Crippen LogP) is 0.485. The van der Waals surface area contributed by atoms with E-state index < -0.39 is 5.69 Å². The molecule has 0 saturated heterocycles. The summed E-state index contributed by atoms with van der Waals surface area (Å²) in [4.78, 5) is 25.2. The first kappa shape index (κ1) is 13.1. The first-order valence-electron chi connectivity index (χ1n) is 5.52. The van der Waals surface area contributed by atoms with Gasteiger partial charge < -0.3 is 0 Å². The Hall–Kier alpha value is -1.38. The maximum atomic E-state index is 11.7. The average Bonchev–Trinajstić information content (AvgIpc) is 2.67. The SMILES string of the molecule is CCc1cc(Cn2cc(I)c(=O)[nH]c2=O)n(C)n1. The van der Waals surface area contributed by atoms with Crippen molar-refractivity contribution in [2.75, 3.05) is 0 Å². The van der Waals surface area contributed by atoms with E-state index >= 15 is 0 Å². The molecule has 0 fully saturated rings. The first-order chi connectivity index (χ1) is 8.51. The van der Waals surface area contributed by atoms with Crippen LogP contribution in [0.25, 0.3) is 0 Å². The van der Waals surface area contributed by atoms with Gasteiger partial charge in [-0.1, -0.05) is 6.92 Å². The number of hydrogen-bond donors (Lipinski definition) is 1. The van der Waals surface area contributed by atoms with Crippen LogP contribution in [0.5, 0.6) is 0 Å². The zero-order chi connectivity index (χ0) is 13.3. The fraction of sp³-hybridized carbons (Fsp3) is 0.364. The van der Waals surface area contributed by atoms with Gasteiger partial charge in [0.05, 0.1) is 21.5 Å². The minimum Gasteiger partial charge on any atom is -0.294 e. The molecule has 0 saturated carbocycles. The minimum absolute atomic E-state index is 0.351. The van der Waals surface area contributed by atoms with Crippen molar-refractivity contribution in [3.8, 4) is 0 Å².